The first kappa shape index (κ1) is 20.0. The van der Waals surface area contributed by atoms with Crippen molar-refractivity contribution in [3.8, 4) is 17.2 Å². The number of furan rings is 1. The number of benzene rings is 2. The standard InChI is InChI=1S/C26H16O8/c1-30-13-4-6-19-17(9-13)24(28)18(12-32-19)16-11-22(27)33-20-7-5-15-25(29)21(34-26(15)23(16)20)10-14-3-2-8-31-14/h2-10,12,16H,11H2,1H3/b21-10-/t16-/m1/s1. The van der Waals surface area contributed by atoms with Crippen LogP contribution in [0.2, 0.25) is 0 Å². The van der Waals surface area contributed by atoms with Crippen LogP contribution < -0.4 is 19.6 Å². The van der Waals surface area contributed by atoms with Crippen molar-refractivity contribution in [1.82, 2.24) is 0 Å². The second kappa shape index (κ2) is 7.48. The number of ketones is 1. The van der Waals surface area contributed by atoms with E-state index < -0.39 is 11.9 Å². The van der Waals surface area contributed by atoms with E-state index in [1.54, 1.807) is 42.5 Å². The Morgan fingerprint density at radius 3 is 2.71 bits per heavy atom. The van der Waals surface area contributed by atoms with Crippen molar-refractivity contribution in [2.75, 3.05) is 7.11 Å². The largest absolute Gasteiger partial charge is 0.497 e. The topological polar surface area (TPSA) is 105 Å². The molecular formula is C26H16O8. The Bertz CT molecular complexity index is 1570. The number of methoxy groups -OCH3 is 1. The first-order valence-corrected chi connectivity index (χ1v) is 10.5. The number of Topliss-reactive ketones (excluding diaryl/α,β-unsaturated/α-hetero) is 1. The molecule has 0 aliphatic carbocycles. The van der Waals surface area contributed by atoms with Crippen molar-refractivity contribution in [3.05, 3.63) is 93.4 Å². The van der Waals surface area contributed by atoms with Gasteiger partial charge in [0.2, 0.25) is 5.78 Å². The van der Waals surface area contributed by atoms with Crippen LogP contribution in [0.3, 0.4) is 0 Å². The number of fused-ring (bicyclic) bond motifs is 4. The summed E-state index contributed by atoms with van der Waals surface area (Å²) in [6, 6.07) is 11.4. The number of allylic oxidation sites excluding steroid dienone is 1. The van der Waals surface area contributed by atoms with Gasteiger partial charge in [-0.1, -0.05) is 0 Å². The highest BCUT2D eigenvalue weighted by Gasteiger charge is 2.39. The Balaban J connectivity index is 1.52. The molecule has 0 spiro atoms. The minimum Gasteiger partial charge on any atom is -0.497 e. The highest BCUT2D eigenvalue weighted by atomic mass is 16.5. The van der Waals surface area contributed by atoms with Gasteiger partial charge in [-0.15, -0.1) is 0 Å². The molecule has 34 heavy (non-hydrogen) atoms. The molecule has 4 heterocycles. The van der Waals surface area contributed by atoms with Gasteiger partial charge in [-0.05, 0) is 42.5 Å². The lowest BCUT2D eigenvalue weighted by atomic mass is 9.85. The maximum Gasteiger partial charge on any atom is 0.312 e. The molecule has 2 aliphatic heterocycles. The van der Waals surface area contributed by atoms with Crippen molar-refractivity contribution in [2.24, 2.45) is 0 Å². The quantitative estimate of drug-likeness (QED) is 0.253. The van der Waals surface area contributed by atoms with Crippen molar-refractivity contribution < 1.29 is 32.6 Å². The summed E-state index contributed by atoms with van der Waals surface area (Å²) in [5.74, 6) is -0.0447. The van der Waals surface area contributed by atoms with Crippen LogP contribution in [0.15, 0.2) is 74.4 Å². The summed E-state index contributed by atoms with van der Waals surface area (Å²) in [7, 11) is 1.51. The van der Waals surface area contributed by atoms with Crippen LogP contribution in [0, 0.1) is 0 Å². The van der Waals surface area contributed by atoms with E-state index in [4.69, 9.17) is 23.0 Å². The van der Waals surface area contributed by atoms with Gasteiger partial charge in [-0.2, -0.15) is 0 Å². The zero-order valence-corrected chi connectivity index (χ0v) is 17.8. The predicted octanol–water partition coefficient (Wildman–Crippen LogP) is 4.45. The molecule has 0 N–H and O–H groups in total. The van der Waals surface area contributed by atoms with Crippen molar-refractivity contribution in [1.29, 1.82) is 0 Å². The Hall–Kier alpha value is -4.59. The summed E-state index contributed by atoms with van der Waals surface area (Å²) >= 11 is 0. The lowest BCUT2D eigenvalue weighted by Crippen LogP contribution is -2.25. The summed E-state index contributed by atoms with van der Waals surface area (Å²) in [6.07, 6.45) is 4.22. The average Bonchev–Trinajstić information content (AvgIpc) is 3.47. The van der Waals surface area contributed by atoms with Gasteiger partial charge in [0.25, 0.3) is 0 Å². The molecule has 0 amide bonds. The molecule has 168 valence electrons. The maximum absolute atomic E-state index is 13.5. The summed E-state index contributed by atoms with van der Waals surface area (Å²) < 4.78 is 27.6. The van der Waals surface area contributed by atoms with E-state index >= 15 is 0 Å². The van der Waals surface area contributed by atoms with E-state index in [0.29, 0.717) is 33.6 Å². The molecule has 0 saturated carbocycles. The third-order valence-electron chi connectivity index (χ3n) is 5.98. The molecule has 2 aliphatic rings. The van der Waals surface area contributed by atoms with Crippen LogP contribution in [0.1, 0.15) is 39.6 Å². The van der Waals surface area contributed by atoms with Gasteiger partial charge in [0.05, 0.1) is 37.0 Å². The SMILES string of the molecule is COc1ccc2occ([C@H]3CC(=O)Oc4ccc5c(c43)O/C(=C\c3ccco3)C5=O)c(=O)c2c1. The van der Waals surface area contributed by atoms with E-state index in [1.165, 1.54) is 25.7 Å². The molecule has 6 rings (SSSR count). The van der Waals surface area contributed by atoms with Gasteiger partial charge < -0.3 is 23.0 Å². The van der Waals surface area contributed by atoms with Gasteiger partial charge in [-0.25, -0.2) is 0 Å². The molecule has 1 atom stereocenters. The molecule has 4 aromatic rings. The molecule has 0 bridgehead atoms. The van der Waals surface area contributed by atoms with Crippen molar-refractivity contribution in [2.45, 2.75) is 12.3 Å². The van der Waals surface area contributed by atoms with Crippen LogP contribution in [0.4, 0.5) is 0 Å². The van der Waals surface area contributed by atoms with E-state index in [9.17, 15) is 14.4 Å². The second-order valence-corrected chi connectivity index (χ2v) is 7.92. The van der Waals surface area contributed by atoms with Crippen LogP contribution in [-0.4, -0.2) is 18.9 Å². The zero-order valence-electron chi connectivity index (χ0n) is 17.8. The van der Waals surface area contributed by atoms with Gasteiger partial charge in [0.15, 0.2) is 11.2 Å². The molecule has 0 radical (unpaired) electrons. The third-order valence-corrected chi connectivity index (χ3v) is 5.98. The molecule has 0 fully saturated rings. The second-order valence-electron chi connectivity index (χ2n) is 7.92. The molecule has 0 saturated heterocycles. The van der Waals surface area contributed by atoms with E-state index in [1.807, 2.05) is 0 Å². The zero-order chi connectivity index (χ0) is 23.4. The van der Waals surface area contributed by atoms with Crippen molar-refractivity contribution >= 4 is 28.8 Å². The Labute approximate surface area is 192 Å². The summed E-state index contributed by atoms with van der Waals surface area (Å²) in [6.45, 7) is 0. The average molecular weight is 456 g/mol. The fraction of sp³-hybridized carbons (Fsp3) is 0.115. The van der Waals surface area contributed by atoms with Gasteiger partial charge in [-0.3, -0.25) is 14.4 Å². The van der Waals surface area contributed by atoms with E-state index in [0.717, 1.165) is 0 Å². The van der Waals surface area contributed by atoms with Crippen LogP contribution in [0.25, 0.3) is 17.0 Å². The monoisotopic (exact) mass is 456 g/mol. The maximum atomic E-state index is 13.5. The predicted molar refractivity (Wildman–Crippen MR) is 119 cm³/mol. The van der Waals surface area contributed by atoms with Crippen molar-refractivity contribution in [3.63, 3.8) is 0 Å². The van der Waals surface area contributed by atoms with E-state index in [-0.39, 0.29) is 40.5 Å². The first-order valence-electron chi connectivity index (χ1n) is 10.5. The Morgan fingerprint density at radius 2 is 1.91 bits per heavy atom. The molecule has 0 unspecified atom stereocenters. The van der Waals surface area contributed by atoms with Gasteiger partial charge in [0, 0.05) is 23.1 Å². The number of rotatable bonds is 3. The number of carbonyl (C=O) groups excluding carboxylic acids is 2. The van der Waals surface area contributed by atoms with Crippen LogP contribution in [-0.2, 0) is 4.79 Å². The smallest absolute Gasteiger partial charge is 0.312 e. The lowest BCUT2D eigenvalue weighted by Gasteiger charge is -2.25. The van der Waals surface area contributed by atoms with Crippen LogP contribution >= 0.6 is 0 Å². The number of carbonyl (C=O) groups is 2. The third kappa shape index (κ3) is 3.03. The number of ether oxygens (including phenoxy) is 3. The fourth-order valence-electron chi connectivity index (χ4n) is 4.37. The lowest BCUT2D eigenvalue weighted by molar-refractivity contribution is -0.135. The summed E-state index contributed by atoms with van der Waals surface area (Å²) in [5.41, 5.74) is 1.10. The minimum absolute atomic E-state index is 0.0734. The number of esters is 1. The molecule has 2 aromatic heterocycles. The highest BCUT2D eigenvalue weighted by Crippen LogP contribution is 2.48. The molecule has 2 aromatic carbocycles. The minimum atomic E-state index is -0.728. The normalized spacial score (nSPS) is 17.9. The first-order chi connectivity index (χ1) is 16.5. The molecular weight excluding hydrogens is 440 g/mol. The molecule has 8 nitrogen and oxygen atoms in total. The Morgan fingerprint density at radius 1 is 1.03 bits per heavy atom. The number of hydrogen-bond acceptors (Lipinski definition) is 8. The van der Waals surface area contributed by atoms with Crippen LogP contribution in [0.5, 0.6) is 17.2 Å². The summed E-state index contributed by atoms with van der Waals surface area (Å²) in [5, 5.41) is 0.320. The highest BCUT2D eigenvalue weighted by molar-refractivity contribution is 6.15. The summed E-state index contributed by atoms with van der Waals surface area (Å²) in [4.78, 5) is 38.9. The van der Waals surface area contributed by atoms with E-state index in [2.05, 4.69) is 0 Å². The van der Waals surface area contributed by atoms with Gasteiger partial charge >= 0.3 is 5.97 Å². The Kier molecular flexibility index (Phi) is 4.41. The fourth-order valence-corrected chi connectivity index (χ4v) is 4.37. The number of hydrogen-bond donors (Lipinski definition) is 0. The molecule has 8 heteroatoms. The van der Waals surface area contributed by atoms with Gasteiger partial charge in [0.1, 0.15) is 28.6 Å².